The topological polar surface area (TPSA) is 64.3 Å². The molecule has 0 unspecified atom stereocenters. The van der Waals surface area contributed by atoms with E-state index in [-0.39, 0.29) is 6.61 Å². The second kappa shape index (κ2) is 6.10. The van der Waals surface area contributed by atoms with Crippen LogP contribution in [0.4, 0.5) is 16.2 Å². The number of ether oxygens (including phenoxy) is 1. The maximum Gasteiger partial charge on any atom is 0.411 e. The van der Waals surface area contributed by atoms with E-state index in [0.29, 0.717) is 5.69 Å². The molecule has 2 aromatic carbocycles. The summed E-state index contributed by atoms with van der Waals surface area (Å²) in [6, 6.07) is 13.2. The number of carbonyl (C=O) groups excluding carboxylic acids is 1. The van der Waals surface area contributed by atoms with E-state index in [4.69, 9.17) is 10.5 Å². The molecular weight excluding hydrogens is 252 g/mol. The quantitative estimate of drug-likeness (QED) is 0.837. The minimum atomic E-state index is -0.475. The molecule has 0 aliphatic heterocycles. The van der Waals surface area contributed by atoms with Crippen molar-refractivity contribution in [2.45, 2.75) is 20.5 Å². The number of rotatable bonds is 3. The molecule has 2 rings (SSSR count). The van der Waals surface area contributed by atoms with Crippen molar-refractivity contribution in [3.05, 3.63) is 59.2 Å². The van der Waals surface area contributed by atoms with E-state index in [0.717, 1.165) is 22.4 Å². The van der Waals surface area contributed by atoms with Crippen LogP contribution in [0.1, 0.15) is 16.7 Å². The monoisotopic (exact) mass is 270 g/mol. The van der Waals surface area contributed by atoms with Crippen LogP contribution in [0.25, 0.3) is 0 Å². The first-order valence-corrected chi connectivity index (χ1v) is 6.40. The Morgan fingerprint density at radius 1 is 1.15 bits per heavy atom. The molecule has 0 atom stereocenters. The Hall–Kier alpha value is -2.49. The number of carbonyl (C=O) groups is 1. The van der Waals surface area contributed by atoms with Gasteiger partial charge in [-0.3, -0.25) is 5.32 Å². The highest BCUT2D eigenvalue weighted by Crippen LogP contribution is 2.21. The van der Waals surface area contributed by atoms with Crippen LogP contribution in [-0.4, -0.2) is 6.09 Å². The summed E-state index contributed by atoms with van der Waals surface area (Å²) in [6.07, 6.45) is -0.475. The summed E-state index contributed by atoms with van der Waals surface area (Å²) in [6.45, 7) is 4.06. The third kappa shape index (κ3) is 3.51. The number of nitrogen functional groups attached to an aromatic ring is 1. The molecule has 104 valence electrons. The molecule has 0 saturated heterocycles. The van der Waals surface area contributed by atoms with Gasteiger partial charge in [0.15, 0.2) is 0 Å². The van der Waals surface area contributed by atoms with Crippen LogP contribution in [0.2, 0.25) is 0 Å². The molecular formula is C16H18N2O2. The number of nitrogens with two attached hydrogens (primary N) is 1. The number of benzene rings is 2. The lowest BCUT2D eigenvalue weighted by Gasteiger charge is -2.10. The largest absolute Gasteiger partial charge is 0.444 e. The molecule has 0 fully saturated rings. The Balaban J connectivity index is 1.95. The summed E-state index contributed by atoms with van der Waals surface area (Å²) in [5.74, 6) is 0. The minimum Gasteiger partial charge on any atom is -0.444 e. The standard InChI is InChI=1S/C16H18N2O2/c1-11-8-14(9-12(2)15(11)17)18-16(19)20-10-13-6-4-3-5-7-13/h3-9H,10,17H2,1-2H3,(H,18,19). The van der Waals surface area contributed by atoms with Crippen molar-refractivity contribution in [2.24, 2.45) is 0 Å². The van der Waals surface area contributed by atoms with Crippen LogP contribution in [0.3, 0.4) is 0 Å². The molecule has 1 amide bonds. The Kier molecular flexibility index (Phi) is 4.25. The summed E-state index contributed by atoms with van der Waals surface area (Å²) < 4.78 is 5.16. The summed E-state index contributed by atoms with van der Waals surface area (Å²) in [4.78, 5) is 11.7. The fourth-order valence-electron chi connectivity index (χ4n) is 1.92. The van der Waals surface area contributed by atoms with E-state index in [1.807, 2.05) is 56.3 Å². The molecule has 0 radical (unpaired) electrons. The molecule has 0 aliphatic rings. The lowest BCUT2D eigenvalue weighted by Crippen LogP contribution is -2.14. The molecule has 0 spiro atoms. The number of aryl methyl sites for hydroxylation is 2. The van der Waals surface area contributed by atoms with Gasteiger partial charge in [-0.1, -0.05) is 30.3 Å². The van der Waals surface area contributed by atoms with Crippen molar-refractivity contribution < 1.29 is 9.53 Å². The second-order valence-electron chi connectivity index (χ2n) is 4.71. The van der Waals surface area contributed by atoms with Gasteiger partial charge in [0.1, 0.15) is 6.61 Å². The summed E-state index contributed by atoms with van der Waals surface area (Å²) >= 11 is 0. The molecule has 0 bridgehead atoms. The molecule has 3 N–H and O–H groups in total. The zero-order valence-corrected chi connectivity index (χ0v) is 11.6. The van der Waals surface area contributed by atoms with Gasteiger partial charge in [-0.15, -0.1) is 0 Å². The Morgan fingerprint density at radius 2 is 1.75 bits per heavy atom. The van der Waals surface area contributed by atoms with Crippen molar-refractivity contribution in [2.75, 3.05) is 11.1 Å². The Labute approximate surface area is 118 Å². The van der Waals surface area contributed by atoms with Gasteiger partial charge in [-0.2, -0.15) is 0 Å². The predicted molar refractivity (Wildman–Crippen MR) is 80.6 cm³/mol. The highest BCUT2D eigenvalue weighted by atomic mass is 16.5. The fraction of sp³-hybridized carbons (Fsp3) is 0.188. The van der Waals surface area contributed by atoms with Gasteiger partial charge in [0.25, 0.3) is 0 Å². The van der Waals surface area contributed by atoms with E-state index in [2.05, 4.69) is 5.32 Å². The van der Waals surface area contributed by atoms with Gasteiger partial charge in [0, 0.05) is 11.4 Å². The van der Waals surface area contributed by atoms with Crippen LogP contribution >= 0.6 is 0 Å². The first-order valence-electron chi connectivity index (χ1n) is 6.40. The van der Waals surface area contributed by atoms with Gasteiger partial charge in [0.2, 0.25) is 0 Å². The fourth-order valence-corrected chi connectivity index (χ4v) is 1.92. The molecule has 0 saturated carbocycles. The SMILES string of the molecule is Cc1cc(NC(=O)OCc2ccccc2)cc(C)c1N. The van der Waals surface area contributed by atoms with Crippen molar-refractivity contribution in [3.63, 3.8) is 0 Å². The number of hydrogen-bond donors (Lipinski definition) is 2. The van der Waals surface area contributed by atoms with Crippen LogP contribution in [0.15, 0.2) is 42.5 Å². The summed E-state index contributed by atoms with van der Waals surface area (Å²) in [5.41, 5.74) is 10.1. The van der Waals surface area contributed by atoms with E-state index >= 15 is 0 Å². The molecule has 2 aromatic rings. The zero-order chi connectivity index (χ0) is 14.5. The van der Waals surface area contributed by atoms with Crippen LogP contribution in [0.5, 0.6) is 0 Å². The third-order valence-corrected chi connectivity index (χ3v) is 3.05. The van der Waals surface area contributed by atoms with Gasteiger partial charge in [-0.05, 0) is 42.7 Å². The summed E-state index contributed by atoms with van der Waals surface area (Å²) in [5, 5.41) is 2.70. The first kappa shape index (κ1) is 13.9. The Bertz CT molecular complexity index is 586. The van der Waals surface area contributed by atoms with E-state index in [1.54, 1.807) is 0 Å². The molecule has 0 aromatic heterocycles. The first-order chi connectivity index (χ1) is 9.56. The van der Waals surface area contributed by atoms with E-state index in [1.165, 1.54) is 0 Å². The molecule has 0 heterocycles. The van der Waals surface area contributed by atoms with Crippen LogP contribution in [-0.2, 0) is 11.3 Å². The van der Waals surface area contributed by atoms with Crippen molar-refractivity contribution in [1.82, 2.24) is 0 Å². The minimum absolute atomic E-state index is 0.250. The molecule has 0 aliphatic carbocycles. The average Bonchev–Trinajstić information content (AvgIpc) is 2.43. The highest BCUT2D eigenvalue weighted by molar-refractivity contribution is 5.85. The number of hydrogen-bond acceptors (Lipinski definition) is 3. The smallest absolute Gasteiger partial charge is 0.411 e. The van der Waals surface area contributed by atoms with Gasteiger partial charge < -0.3 is 10.5 Å². The van der Waals surface area contributed by atoms with E-state index in [9.17, 15) is 4.79 Å². The Morgan fingerprint density at radius 3 is 2.35 bits per heavy atom. The summed E-state index contributed by atoms with van der Waals surface area (Å²) in [7, 11) is 0. The van der Waals surface area contributed by atoms with Gasteiger partial charge in [-0.25, -0.2) is 4.79 Å². The second-order valence-corrected chi connectivity index (χ2v) is 4.71. The van der Waals surface area contributed by atoms with Crippen LogP contribution in [0, 0.1) is 13.8 Å². The zero-order valence-electron chi connectivity index (χ0n) is 11.6. The van der Waals surface area contributed by atoms with Crippen molar-refractivity contribution in [3.8, 4) is 0 Å². The maximum absolute atomic E-state index is 11.7. The maximum atomic E-state index is 11.7. The van der Waals surface area contributed by atoms with E-state index < -0.39 is 6.09 Å². The molecule has 4 heteroatoms. The molecule has 4 nitrogen and oxygen atoms in total. The lowest BCUT2D eigenvalue weighted by molar-refractivity contribution is 0.155. The average molecular weight is 270 g/mol. The predicted octanol–water partition coefficient (Wildman–Crippen LogP) is 3.63. The third-order valence-electron chi connectivity index (χ3n) is 3.05. The lowest BCUT2D eigenvalue weighted by atomic mass is 10.1. The number of anilines is 2. The van der Waals surface area contributed by atoms with Crippen molar-refractivity contribution in [1.29, 1.82) is 0 Å². The molecule has 20 heavy (non-hydrogen) atoms. The van der Waals surface area contributed by atoms with Crippen molar-refractivity contribution >= 4 is 17.5 Å². The normalized spacial score (nSPS) is 10.1. The number of amides is 1. The van der Waals surface area contributed by atoms with Gasteiger partial charge in [0.05, 0.1) is 0 Å². The number of nitrogens with one attached hydrogen (secondary N) is 1. The van der Waals surface area contributed by atoms with Gasteiger partial charge >= 0.3 is 6.09 Å². The highest BCUT2D eigenvalue weighted by Gasteiger charge is 2.06. The van der Waals surface area contributed by atoms with Crippen LogP contribution < -0.4 is 11.1 Å².